The van der Waals surface area contributed by atoms with E-state index in [-0.39, 0.29) is 6.03 Å². The number of urea groups is 1. The molecule has 2 N–H and O–H groups in total. The number of anilines is 1. The van der Waals surface area contributed by atoms with Gasteiger partial charge in [-0.25, -0.2) is 4.79 Å². The van der Waals surface area contributed by atoms with Crippen LogP contribution in [-0.4, -0.2) is 35.7 Å². The molecule has 0 fully saturated rings. The van der Waals surface area contributed by atoms with Crippen LogP contribution < -0.4 is 5.32 Å². The van der Waals surface area contributed by atoms with Gasteiger partial charge >= 0.3 is 6.03 Å². The van der Waals surface area contributed by atoms with Crippen LogP contribution in [0.2, 0.25) is 0 Å². The number of carbonyl (C=O) groups is 1. The number of aliphatic hydroxyl groups excluding tert-OH is 1. The third-order valence-electron chi connectivity index (χ3n) is 3.15. The normalized spacial score (nSPS) is 12.0. The summed E-state index contributed by atoms with van der Waals surface area (Å²) >= 11 is 1.67. The molecule has 0 saturated carbocycles. The Kier molecular flexibility index (Phi) is 5.36. The van der Waals surface area contributed by atoms with Gasteiger partial charge in [-0.3, -0.25) is 0 Å². The van der Waals surface area contributed by atoms with Crippen LogP contribution in [0.1, 0.15) is 13.3 Å². The summed E-state index contributed by atoms with van der Waals surface area (Å²) in [7, 11) is 1.72. The standard InChI is InChI=1S/C16H20N2O2S/c1-12(19)8-9-18(2)16(20)17-14-6-3-5-13(11-14)15-7-4-10-21-15/h3-7,10-12,19H,8-9H2,1-2H3,(H,17,20). The van der Waals surface area contributed by atoms with Gasteiger partial charge in [-0.05, 0) is 42.5 Å². The summed E-state index contributed by atoms with van der Waals surface area (Å²) in [5.74, 6) is 0. The Balaban J connectivity index is 1.99. The van der Waals surface area contributed by atoms with E-state index in [1.807, 2.05) is 35.7 Å². The van der Waals surface area contributed by atoms with Gasteiger partial charge in [0.15, 0.2) is 0 Å². The largest absolute Gasteiger partial charge is 0.393 e. The molecule has 0 radical (unpaired) electrons. The summed E-state index contributed by atoms with van der Waals surface area (Å²) in [6.45, 7) is 2.24. The first-order valence-corrected chi connectivity index (χ1v) is 7.78. The van der Waals surface area contributed by atoms with E-state index in [1.54, 1.807) is 30.2 Å². The van der Waals surface area contributed by atoms with Crippen molar-refractivity contribution in [2.24, 2.45) is 0 Å². The Morgan fingerprint density at radius 3 is 2.86 bits per heavy atom. The lowest BCUT2D eigenvalue weighted by Gasteiger charge is -2.18. The molecule has 0 bridgehead atoms. The Bertz CT molecular complexity index is 582. The quantitative estimate of drug-likeness (QED) is 0.886. The number of nitrogens with zero attached hydrogens (tertiary/aromatic N) is 1. The number of nitrogens with one attached hydrogen (secondary N) is 1. The highest BCUT2D eigenvalue weighted by Gasteiger charge is 2.10. The van der Waals surface area contributed by atoms with E-state index in [0.29, 0.717) is 13.0 Å². The molecule has 0 aliphatic heterocycles. The minimum Gasteiger partial charge on any atom is -0.393 e. The molecule has 0 saturated heterocycles. The Morgan fingerprint density at radius 2 is 2.19 bits per heavy atom. The average Bonchev–Trinajstić information content (AvgIpc) is 2.99. The summed E-state index contributed by atoms with van der Waals surface area (Å²) < 4.78 is 0. The van der Waals surface area contributed by atoms with Gasteiger partial charge in [0.1, 0.15) is 0 Å². The molecule has 1 heterocycles. The lowest BCUT2D eigenvalue weighted by molar-refractivity contribution is 0.167. The fourth-order valence-electron chi connectivity index (χ4n) is 1.89. The molecule has 1 aromatic carbocycles. The molecule has 1 atom stereocenters. The Morgan fingerprint density at radius 1 is 1.38 bits per heavy atom. The molecule has 5 heteroatoms. The van der Waals surface area contributed by atoms with E-state index in [0.717, 1.165) is 11.3 Å². The number of aliphatic hydroxyl groups is 1. The smallest absolute Gasteiger partial charge is 0.321 e. The van der Waals surface area contributed by atoms with Gasteiger partial charge in [0.05, 0.1) is 6.10 Å². The minimum absolute atomic E-state index is 0.168. The summed E-state index contributed by atoms with van der Waals surface area (Å²) in [4.78, 5) is 14.8. The molecular formula is C16H20N2O2S. The predicted molar refractivity (Wildman–Crippen MR) is 87.7 cm³/mol. The lowest BCUT2D eigenvalue weighted by Crippen LogP contribution is -2.33. The highest BCUT2D eigenvalue weighted by molar-refractivity contribution is 7.13. The van der Waals surface area contributed by atoms with Crippen LogP contribution in [0.3, 0.4) is 0 Å². The first-order valence-electron chi connectivity index (χ1n) is 6.90. The maximum Gasteiger partial charge on any atom is 0.321 e. The van der Waals surface area contributed by atoms with E-state index in [9.17, 15) is 9.90 Å². The van der Waals surface area contributed by atoms with Crippen LogP contribution in [0.25, 0.3) is 10.4 Å². The summed E-state index contributed by atoms with van der Waals surface area (Å²) in [5.41, 5.74) is 1.87. The van der Waals surface area contributed by atoms with E-state index in [4.69, 9.17) is 0 Å². The van der Waals surface area contributed by atoms with Crippen LogP contribution in [0.5, 0.6) is 0 Å². The second-order valence-corrected chi connectivity index (χ2v) is 6.00. The fourth-order valence-corrected chi connectivity index (χ4v) is 2.62. The van der Waals surface area contributed by atoms with Gasteiger partial charge < -0.3 is 15.3 Å². The van der Waals surface area contributed by atoms with Crippen LogP contribution in [-0.2, 0) is 0 Å². The Labute approximate surface area is 129 Å². The van der Waals surface area contributed by atoms with Gasteiger partial charge in [0.25, 0.3) is 0 Å². The third-order valence-corrected chi connectivity index (χ3v) is 4.07. The monoisotopic (exact) mass is 304 g/mol. The molecule has 4 nitrogen and oxygen atoms in total. The molecule has 0 aliphatic rings. The van der Waals surface area contributed by atoms with Crippen molar-refractivity contribution in [2.45, 2.75) is 19.4 Å². The van der Waals surface area contributed by atoms with E-state index in [1.165, 1.54) is 4.88 Å². The van der Waals surface area contributed by atoms with Crippen LogP contribution >= 0.6 is 11.3 Å². The number of thiophene rings is 1. The molecule has 0 aliphatic carbocycles. The predicted octanol–water partition coefficient (Wildman–Crippen LogP) is 3.65. The van der Waals surface area contributed by atoms with Crippen molar-refractivity contribution in [1.82, 2.24) is 4.90 Å². The van der Waals surface area contributed by atoms with E-state index >= 15 is 0 Å². The molecule has 112 valence electrons. The maximum atomic E-state index is 12.1. The van der Waals surface area contributed by atoms with Crippen molar-refractivity contribution < 1.29 is 9.90 Å². The van der Waals surface area contributed by atoms with Crippen molar-refractivity contribution in [3.8, 4) is 10.4 Å². The van der Waals surface area contributed by atoms with Gasteiger partial charge in [-0.2, -0.15) is 0 Å². The second kappa shape index (κ2) is 7.24. The van der Waals surface area contributed by atoms with Crippen LogP contribution in [0.4, 0.5) is 10.5 Å². The highest BCUT2D eigenvalue weighted by Crippen LogP contribution is 2.26. The zero-order valence-electron chi connectivity index (χ0n) is 12.2. The number of amides is 2. The third kappa shape index (κ3) is 4.58. The summed E-state index contributed by atoms with van der Waals surface area (Å²) in [6.07, 6.45) is 0.168. The maximum absolute atomic E-state index is 12.1. The molecule has 21 heavy (non-hydrogen) atoms. The topological polar surface area (TPSA) is 52.6 Å². The van der Waals surface area contributed by atoms with Crippen molar-refractivity contribution in [1.29, 1.82) is 0 Å². The average molecular weight is 304 g/mol. The van der Waals surface area contributed by atoms with Gasteiger partial charge in [-0.15, -0.1) is 11.3 Å². The molecule has 0 spiro atoms. The highest BCUT2D eigenvalue weighted by atomic mass is 32.1. The zero-order valence-corrected chi connectivity index (χ0v) is 13.1. The Hall–Kier alpha value is -1.85. The van der Waals surface area contributed by atoms with Gasteiger partial charge in [-0.1, -0.05) is 18.2 Å². The number of hydrogen-bond acceptors (Lipinski definition) is 3. The van der Waals surface area contributed by atoms with Crippen molar-refractivity contribution in [2.75, 3.05) is 18.9 Å². The first-order chi connectivity index (χ1) is 10.1. The van der Waals surface area contributed by atoms with Crippen molar-refractivity contribution >= 4 is 23.1 Å². The molecule has 2 aromatic rings. The lowest BCUT2D eigenvalue weighted by atomic mass is 10.1. The van der Waals surface area contributed by atoms with Crippen LogP contribution in [0.15, 0.2) is 41.8 Å². The van der Waals surface area contributed by atoms with Crippen LogP contribution in [0, 0.1) is 0 Å². The van der Waals surface area contributed by atoms with Gasteiger partial charge in [0.2, 0.25) is 0 Å². The van der Waals surface area contributed by atoms with Crippen molar-refractivity contribution in [3.63, 3.8) is 0 Å². The number of rotatable bonds is 5. The van der Waals surface area contributed by atoms with E-state index < -0.39 is 6.10 Å². The van der Waals surface area contributed by atoms with Gasteiger partial charge in [0, 0.05) is 24.2 Å². The number of hydrogen-bond donors (Lipinski definition) is 2. The SMILES string of the molecule is CC(O)CCN(C)C(=O)Nc1cccc(-c2cccs2)c1. The molecule has 2 rings (SSSR count). The minimum atomic E-state index is -0.401. The fraction of sp³-hybridized carbons (Fsp3) is 0.312. The molecule has 1 unspecified atom stereocenters. The molecular weight excluding hydrogens is 284 g/mol. The molecule has 1 aromatic heterocycles. The molecule has 2 amide bonds. The number of carbonyl (C=O) groups excluding carboxylic acids is 1. The zero-order chi connectivity index (χ0) is 15.2. The summed E-state index contributed by atoms with van der Waals surface area (Å²) in [5, 5.41) is 14.2. The first kappa shape index (κ1) is 15.5. The second-order valence-electron chi connectivity index (χ2n) is 5.05. The van der Waals surface area contributed by atoms with E-state index in [2.05, 4.69) is 11.4 Å². The summed E-state index contributed by atoms with van der Waals surface area (Å²) in [6, 6.07) is 11.7. The number of benzene rings is 1. The van der Waals surface area contributed by atoms with Crippen molar-refractivity contribution in [3.05, 3.63) is 41.8 Å².